The normalized spacial score (nSPS) is 24.8. The number of anilines is 3. The van der Waals surface area contributed by atoms with Gasteiger partial charge in [-0.05, 0) is 86.5 Å². The molecule has 1 aliphatic carbocycles. The summed E-state index contributed by atoms with van der Waals surface area (Å²) in [5.74, 6) is 2.62. The van der Waals surface area contributed by atoms with E-state index in [0.717, 1.165) is 86.0 Å². The van der Waals surface area contributed by atoms with E-state index in [1.165, 1.54) is 6.42 Å². The van der Waals surface area contributed by atoms with Crippen LogP contribution in [0.3, 0.4) is 0 Å². The lowest BCUT2D eigenvalue weighted by Gasteiger charge is -2.44. The number of ether oxygens (including phenoxy) is 1. The lowest BCUT2D eigenvalue weighted by molar-refractivity contribution is -0.122. The molecule has 2 aromatic rings. The zero-order chi connectivity index (χ0) is 24.9. The lowest BCUT2D eigenvalue weighted by Crippen LogP contribution is -2.50. The Morgan fingerprint density at radius 1 is 1.17 bits per heavy atom. The molecule has 0 radical (unpaired) electrons. The number of piperidine rings is 1. The van der Waals surface area contributed by atoms with E-state index in [1.54, 1.807) is 6.20 Å². The van der Waals surface area contributed by atoms with E-state index in [9.17, 15) is 9.59 Å². The number of pyridine rings is 1. The van der Waals surface area contributed by atoms with Crippen LogP contribution in [0.5, 0.6) is 5.75 Å². The molecule has 1 saturated heterocycles. The number of amides is 2. The van der Waals surface area contributed by atoms with Gasteiger partial charge in [0.1, 0.15) is 18.2 Å². The lowest BCUT2D eigenvalue weighted by atomic mass is 9.73. The Morgan fingerprint density at radius 2 is 1.97 bits per heavy atom. The van der Waals surface area contributed by atoms with Crippen LogP contribution in [-0.4, -0.2) is 54.0 Å². The number of aryl methyl sites for hydroxylation is 1. The number of fused-ring (bicyclic) bond motifs is 3. The quantitative estimate of drug-likeness (QED) is 0.603. The Morgan fingerprint density at radius 3 is 2.75 bits per heavy atom. The number of nitrogen functional groups attached to an aromatic ring is 1. The molecule has 8 heteroatoms. The summed E-state index contributed by atoms with van der Waals surface area (Å²) in [7, 11) is 0. The Balaban J connectivity index is 1.04. The van der Waals surface area contributed by atoms with Crippen molar-refractivity contribution in [2.75, 3.05) is 42.2 Å². The van der Waals surface area contributed by atoms with Crippen molar-refractivity contribution in [2.24, 2.45) is 5.92 Å². The number of carbonyl (C=O) groups excluding carboxylic acids is 2. The van der Waals surface area contributed by atoms with E-state index >= 15 is 0 Å². The Hall–Kier alpha value is -3.13. The van der Waals surface area contributed by atoms with Crippen LogP contribution < -0.4 is 20.7 Å². The smallest absolute Gasteiger partial charge is 0.235 e. The molecule has 2 amide bonds. The van der Waals surface area contributed by atoms with Gasteiger partial charge in [0, 0.05) is 30.4 Å². The first kappa shape index (κ1) is 23.3. The molecule has 0 unspecified atom stereocenters. The molecular weight excluding hydrogens is 454 g/mol. The van der Waals surface area contributed by atoms with Crippen LogP contribution >= 0.6 is 0 Å². The average Bonchev–Trinajstić information content (AvgIpc) is 3.11. The van der Waals surface area contributed by atoms with E-state index in [-0.39, 0.29) is 11.8 Å². The number of nitrogens with one attached hydrogen (secondary N) is 1. The largest absolute Gasteiger partial charge is 0.491 e. The molecule has 2 fully saturated rings. The van der Waals surface area contributed by atoms with Gasteiger partial charge in [-0.1, -0.05) is 13.3 Å². The first-order valence-corrected chi connectivity index (χ1v) is 13.3. The second kappa shape index (κ2) is 9.07. The third-order valence-corrected chi connectivity index (χ3v) is 8.80. The van der Waals surface area contributed by atoms with Gasteiger partial charge >= 0.3 is 0 Å². The zero-order valence-corrected chi connectivity index (χ0v) is 21.0. The van der Waals surface area contributed by atoms with E-state index < -0.39 is 5.41 Å². The van der Waals surface area contributed by atoms with Crippen molar-refractivity contribution < 1.29 is 14.3 Å². The molecule has 36 heavy (non-hydrogen) atoms. The van der Waals surface area contributed by atoms with Crippen molar-refractivity contribution in [3.63, 3.8) is 0 Å². The number of nitrogens with zero attached hydrogens (tertiary/aromatic N) is 3. The maximum Gasteiger partial charge on any atom is 0.235 e. The monoisotopic (exact) mass is 489 g/mol. The van der Waals surface area contributed by atoms with E-state index in [2.05, 4.69) is 28.2 Å². The molecule has 4 heterocycles. The molecule has 190 valence electrons. The predicted octanol–water partition coefficient (Wildman–Crippen LogP) is 3.50. The molecule has 0 atom stereocenters. The van der Waals surface area contributed by atoms with Crippen LogP contribution in [0.1, 0.15) is 56.6 Å². The number of nitrogens with two attached hydrogens (primary N) is 1. The zero-order valence-electron chi connectivity index (χ0n) is 21.0. The maximum absolute atomic E-state index is 12.9. The second-order valence-corrected chi connectivity index (χ2v) is 10.8. The first-order chi connectivity index (χ1) is 17.5. The van der Waals surface area contributed by atoms with Crippen molar-refractivity contribution in [3.8, 4) is 5.75 Å². The number of hydrogen-bond donors (Lipinski definition) is 2. The third kappa shape index (κ3) is 3.92. The summed E-state index contributed by atoms with van der Waals surface area (Å²) < 4.78 is 6.08. The SMILES string of the molecule is CCC1CC(N2C(=O)CCc3cc(OCCN4CCC5(CC4)C(=O)Nc4ccc(N)cc45)cnc32)C1. The van der Waals surface area contributed by atoms with Gasteiger partial charge in [-0.25, -0.2) is 4.98 Å². The molecule has 1 spiro atoms. The van der Waals surface area contributed by atoms with Gasteiger partial charge in [0.05, 0.1) is 11.6 Å². The summed E-state index contributed by atoms with van der Waals surface area (Å²) >= 11 is 0. The van der Waals surface area contributed by atoms with Crippen LogP contribution in [-0.2, 0) is 21.4 Å². The molecule has 0 bridgehead atoms. The van der Waals surface area contributed by atoms with Crippen LogP contribution in [0.4, 0.5) is 17.2 Å². The molecule has 1 aromatic heterocycles. The summed E-state index contributed by atoms with van der Waals surface area (Å²) in [6.07, 6.45) is 7.93. The van der Waals surface area contributed by atoms with Crippen LogP contribution in [0.25, 0.3) is 0 Å². The Labute approximate surface area is 212 Å². The molecule has 3 N–H and O–H groups in total. The first-order valence-electron chi connectivity index (χ1n) is 13.3. The average molecular weight is 490 g/mol. The molecule has 6 rings (SSSR count). The highest BCUT2D eigenvalue weighted by molar-refractivity contribution is 6.06. The van der Waals surface area contributed by atoms with Crippen molar-refractivity contribution in [3.05, 3.63) is 41.6 Å². The Bertz CT molecular complexity index is 1180. The number of aromatic nitrogens is 1. The molecule has 8 nitrogen and oxygen atoms in total. The fraction of sp³-hybridized carbons (Fsp3) is 0.536. The van der Waals surface area contributed by atoms with E-state index in [4.69, 9.17) is 10.5 Å². The summed E-state index contributed by atoms with van der Waals surface area (Å²) in [5, 5.41) is 3.05. The minimum absolute atomic E-state index is 0.0961. The van der Waals surface area contributed by atoms with Crippen LogP contribution in [0.2, 0.25) is 0 Å². The number of rotatable bonds is 6. The highest BCUT2D eigenvalue weighted by Gasteiger charge is 2.48. The summed E-state index contributed by atoms with van der Waals surface area (Å²) in [4.78, 5) is 34.5. The summed E-state index contributed by atoms with van der Waals surface area (Å²) in [6, 6.07) is 8.07. The van der Waals surface area contributed by atoms with Crippen LogP contribution in [0.15, 0.2) is 30.5 Å². The fourth-order valence-corrected chi connectivity index (χ4v) is 6.44. The van der Waals surface area contributed by atoms with Gasteiger partial charge in [0.15, 0.2) is 0 Å². The topological polar surface area (TPSA) is 101 Å². The molecule has 1 saturated carbocycles. The van der Waals surface area contributed by atoms with E-state index in [1.807, 2.05) is 23.1 Å². The van der Waals surface area contributed by atoms with Gasteiger partial charge < -0.3 is 15.8 Å². The minimum Gasteiger partial charge on any atom is -0.491 e. The van der Waals surface area contributed by atoms with Gasteiger partial charge in [-0.3, -0.25) is 19.4 Å². The molecule has 1 aromatic carbocycles. The number of carbonyl (C=O) groups is 2. The second-order valence-electron chi connectivity index (χ2n) is 10.8. The third-order valence-electron chi connectivity index (χ3n) is 8.80. The van der Waals surface area contributed by atoms with Crippen LogP contribution in [0, 0.1) is 5.92 Å². The van der Waals surface area contributed by atoms with Crippen molar-refractivity contribution in [1.82, 2.24) is 9.88 Å². The molecule has 3 aliphatic heterocycles. The van der Waals surface area contributed by atoms with Crippen molar-refractivity contribution >= 4 is 29.0 Å². The fourth-order valence-electron chi connectivity index (χ4n) is 6.44. The number of benzene rings is 1. The van der Waals surface area contributed by atoms with Gasteiger partial charge in [-0.2, -0.15) is 0 Å². The maximum atomic E-state index is 12.9. The van der Waals surface area contributed by atoms with Gasteiger partial charge in [0.25, 0.3) is 0 Å². The molecular formula is C28H35N5O3. The summed E-state index contributed by atoms with van der Waals surface area (Å²) in [6.45, 7) is 5.25. The van der Waals surface area contributed by atoms with Crippen molar-refractivity contribution in [2.45, 2.75) is 63.3 Å². The van der Waals surface area contributed by atoms with Gasteiger partial charge in [0.2, 0.25) is 11.8 Å². The molecule has 4 aliphatic rings. The van der Waals surface area contributed by atoms with E-state index in [0.29, 0.717) is 24.8 Å². The van der Waals surface area contributed by atoms with Gasteiger partial charge in [-0.15, -0.1) is 0 Å². The highest BCUT2D eigenvalue weighted by atomic mass is 16.5. The minimum atomic E-state index is -0.467. The summed E-state index contributed by atoms with van der Waals surface area (Å²) in [5.41, 5.74) is 9.30. The standard InChI is InChI=1S/C28H35N5O3/c1-2-18-13-21(14-18)33-25(34)6-3-19-15-22(17-30-26(19)33)36-12-11-32-9-7-28(8-10-32)23-16-20(29)4-5-24(23)31-27(28)35/h4-5,15-18,21H,2-3,6-14,29H2,1H3,(H,31,35). The van der Waals surface area contributed by atoms with Crippen molar-refractivity contribution in [1.29, 1.82) is 0 Å². The number of hydrogen-bond acceptors (Lipinski definition) is 6. The highest BCUT2D eigenvalue weighted by Crippen LogP contribution is 2.45. The number of likely N-dealkylation sites (tertiary alicyclic amines) is 1. The predicted molar refractivity (Wildman–Crippen MR) is 139 cm³/mol. The Kier molecular flexibility index (Phi) is 5.86.